The lowest BCUT2D eigenvalue weighted by atomic mass is 9.95. The second-order valence-corrected chi connectivity index (χ2v) is 7.44. The van der Waals surface area contributed by atoms with Gasteiger partial charge in [0.1, 0.15) is 5.69 Å². The van der Waals surface area contributed by atoms with E-state index in [1.807, 2.05) is 6.07 Å². The standard InChI is InChI=1S/C22H27N2O/c1-17-12-13-20(18(2)15-17)22(25)16-23(19-9-5-3-6-10-19)21-11-7-4-8-14-24(21)22/h3,5-6,9-10,12-13,15,25H,4,7-8,11,14,16H2,1-2H3/q+1. The maximum atomic E-state index is 11.8. The number of nitrogens with zero attached hydrogens (tertiary/aromatic N) is 2. The van der Waals surface area contributed by atoms with Crippen LogP contribution in [0.2, 0.25) is 0 Å². The first-order valence-corrected chi connectivity index (χ1v) is 9.36. The van der Waals surface area contributed by atoms with Crippen LogP contribution in [0.5, 0.6) is 0 Å². The highest BCUT2D eigenvalue weighted by atomic mass is 16.3. The fraction of sp³-hybridized carbons (Fsp3) is 0.409. The van der Waals surface area contributed by atoms with E-state index in [9.17, 15) is 5.11 Å². The fourth-order valence-electron chi connectivity index (χ4n) is 4.41. The van der Waals surface area contributed by atoms with E-state index in [1.54, 1.807) is 0 Å². The Hall–Kier alpha value is -2.13. The van der Waals surface area contributed by atoms with Gasteiger partial charge in [-0.05, 0) is 50.8 Å². The Labute approximate surface area is 150 Å². The quantitative estimate of drug-likeness (QED) is 0.841. The maximum Gasteiger partial charge on any atom is 0.271 e. The highest BCUT2D eigenvalue weighted by Gasteiger charge is 2.52. The molecule has 1 atom stereocenters. The predicted octanol–water partition coefficient (Wildman–Crippen LogP) is 3.95. The molecule has 0 saturated carbocycles. The number of amidine groups is 1. The number of hydrogen-bond acceptors (Lipinski definition) is 2. The van der Waals surface area contributed by atoms with Crippen molar-refractivity contribution in [3.05, 3.63) is 65.2 Å². The average molecular weight is 335 g/mol. The molecule has 1 N–H and O–H groups in total. The van der Waals surface area contributed by atoms with Crippen LogP contribution in [0.3, 0.4) is 0 Å². The van der Waals surface area contributed by atoms with E-state index in [0.717, 1.165) is 24.9 Å². The van der Waals surface area contributed by atoms with E-state index < -0.39 is 5.72 Å². The summed E-state index contributed by atoms with van der Waals surface area (Å²) in [6, 6.07) is 16.9. The molecule has 25 heavy (non-hydrogen) atoms. The fourth-order valence-corrected chi connectivity index (χ4v) is 4.41. The molecule has 0 aromatic heterocycles. The summed E-state index contributed by atoms with van der Waals surface area (Å²) in [6.45, 7) is 5.73. The van der Waals surface area contributed by atoms with Gasteiger partial charge in [-0.25, -0.2) is 9.48 Å². The largest absolute Gasteiger partial charge is 0.346 e. The van der Waals surface area contributed by atoms with Crippen molar-refractivity contribution in [2.24, 2.45) is 0 Å². The van der Waals surface area contributed by atoms with Crippen molar-refractivity contribution in [2.45, 2.75) is 45.3 Å². The van der Waals surface area contributed by atoms with Gasteiger partial charge in [0.2, 0.25) is 0 Å². The monoisotopic (exact) mass is 335 g/mol. The number of β-amino-alcohol motifs (C(OH)–C–C–N with tert-alkyl or cyclic N) is 1. The lowest BCUT2D eigenvalue weighted by Crippen LogP contribution is -2.41. The molecule has 2 heterocycles. The molecule has 2 aliphatic heterocycles. The number of anilines is 1. The summed E-state index contributed by atoms with van der Waals surface area (Å²) in [5.41, 5.74) is 3.66. The van der Waals surface area contributed by atoms with Crippen LogP contribution >= 0.6 is 0 Å². The van der Waals surface area contributed by atoms with Crippen LogP contribution in [0.15, 0.2) is 48.5 Å². The zero-order valence-electron chi connectivity index (χ0n) is 15.2. The van der Waals surface area contributed by atoms with Gasteiger partial charge in [0, 0.05) is 12.0 Å². The number of aliphatic hydroxyl groups is 1. The van der Waals surface area contributed by atoms with Crippen LogP contribution in [0.4, 0.5) is 5.69 Å². The van der Waals surface area contributed by atoms with Gasteiger partial charge in [-0.2, -0.15) is 0 Å². The van der Waals surface area contributed by atoms with Crippen LogP contribution in [-0.4, -0.2) is 28.6 Å². The Bertz CT molecular complexity index is 812. The molecule has 3 heteroatoms. The number of hydrogen-bond donors (Lipinski definition) is 1. The second kappa shape index (κ2) is 6.30. The molecule has 0 amide bonds. The number of rotatable bonds is 2. The first-order valence-electron chi connectivity index (χ1n) is 9.36. The van der Waals surface area contributed by atoms with Crippen LogP contribution < -0.4 is 4.90 Å². The summed E-state index contributed by atoms with van der Waals surface area (Å²) in [7, 11) is 0. The average Bonchev–Trinajstić information content (AvgIpc) is 2.77. The van der Waals surface area contributed by atoms with Gasteiger partial charge < -0.3 is 5.11 Å². The van der Waals surface area contributed by atoms with Crippen molar-refractivity contribution in [1.29, 1.82) is 0 Å². The van der Waals surface area contributed by atoms with Crippen molar-refractivity contribution >= 4 is 11.5 Å². The third kappa shape index (κ3) is 2.77. The summed E-state index contributed by atoms with van der Waals surface area (Å²) in [6.07, 6.45) is 4.59. The van der Waals surface area contributed by atoms with Crippen LogP contribution in [-0.2, 0) is 5.72 Å². The zero-order valence-corrected chi connectivity index (χ0v) is 15.2. The van der Waals surface area contributed by atoms with Gasteiger partial charge in [0.25, 0.3) is 11.6 Å². The molecule has 0 aliphatic carbocycles. The Morgan fingerprint density at radius 2 is 1.80 bits per heavy atom. The van der Waals surface area contributed by atoms with E-state index in [0.29, 0.717) is 6.54 Å². The summed E-state index contributed by atoms with van der Waals surface area (Å²) < 4.78 is 2.27. The first-order chi connectivity index (χ1) is 12.1. The topological polar surface area (TPSA) is 26.5 Å². The van der Waals surface area contributed by atoms with Gasteiger partial charge in [0.15, 0.2) is 6.54 Å². The van der Waals surface area contributed by atoms with Crippen molar-refractivity contribution in [3.63, 3.8) is 0 Å². The minimum absolute atomic E-state index is 0.593. The van der Waals surface area contributed by atoms with Crippen LogP contribution in [0.1, 0.15) is 42.4 Å². The Balaban J connectivity index is 1.84. The molecule has 0 radical (unpaired) electrons. The van der Waals surface area contributed by atoms with Crippen LogP contribution in [0, 0.1) is 13.8 Å². The summed E-state index contributed by atoms with van der Waals surface area (Å²) in [5, 5.41) is 11.8. The zero-order chi connectivity index (χ0) is 17.4. The first kappa shape index (κ1) is 16.3. The van der Waals surface area contributed by atoms with Gasteiger partial charge in [0.05, 0.1) is 6.54 Å². The van der Waals surface area contributed by atoms with Crippen molar-refractivity contribution in [3.8, 4) is 0 Å². The molecule has 0 spiro atoms. The Kier molecular flexibility index (Phi) is 4.12. The molecule has 0 bridgehead atoms. The predicted molar refractivity (Wildman–Crippen MR) is 102 cm³/mol. The summed E-state index contributed by atoms with van der Waals surface area (Å²) in [5.74, 6) is 1.27. The van der Waals surface area contributed by atoms with Crippen molar-refractivity contribution in [1.82, 2.24) is 0 Å². The minimum Gasteiger partial charge on any atom is -0.346 e. The second-order valence-electron chi connectivity index (χ2n) is 7.44. The number of benzene rings is 2. The van der Waals surface area contributed by atoms with E-state index in [4.69, 9.17) is 0 Å². The molecule has 3 nitrogen and oxygen atoms in total. The van der Waals surface area contributed by atoms with Gasteiger partial charge in [-0.3, -0.25) is 0 Å². The van der Waals surface area contributed by atoms with Crippen molar-refractivity contribution in [2.75, 3.05) is 18.0 Å². The van der Waals surface area contributed by atoms with E-state index >= 15 is 0 Å². The Morgan fingerprint density at radius 1 is 1.00 bits per heavy atom. The molecule has 130 valence electrons. The molecule has 0 saturated heterocycles. The van der Waals surface area contributed by atoms with Gasteiger partial charge in [-0.1, -0.05) is 42.0 Å². The summed E-state index contributed by atoms with van der Waals surface area (Å²) in [4.78, 5) is 2.32. The number of aryl methyl sites for hydroxylation is 2. The number of para-hydroxylation sites is 1. The normalized spacial score (nSPS) is 23.6. The SMILES string of the molecule is Cc1ccc(C2(O)CN(c3ccccc3)C3=[N+]2CCCCC3)c(C)c1. The summed E-state index contributed by atoms with van der Waals surface area (Å²) >= 11 is 0. The van der Waals surface area contributed by atoms with Gasteiger partial charge >= 0.3 is 0 Å². The maximum absolute atomic E-state index is 11.8. The van der Waals surface area contributed by atoms with E-state index in [2.05, 4.69) is 65.8 Å². The van der Waals surface area contributed by atoms with Crippen molar-refractivity contribution < 1.29 is 9.68 Å². The molecule has 4 rings (SSSR count). The smallest absolute Gasteiger partial charge is 0.271 e. The molecule has 0 fully saturated rings. The molecule has 1 unspecified atom stereocenters. The molecule has 2 aromatic rings. The lowest BCUT2D eigenvalue weighted by Gasteiger charge is -2.25. The molecule has 2 aromatic carbocycles. The highest BCUT2D eigenvalue weighted by molar-refractivity contribution is 5.95. The third-order valence-corrected chi connectivity index (χ3v) is 5.61. The van der Waals surface area contributed by atoms with Gasteiger partial charge in [-0.15, -0.1) is 0 Å². The highest BCUT2D eigenvalue weighted by Crippen LogP contribution is 2.36. The lowest BCUT2D eigenvalue weighted by molar-refractivity contribution is -0.658. The molecular weight excluding hydrogens is 308 g/mol. The van der Waals surface area contributed by atoms with Crippen LogP contribution in [0.25, 0.3) is 0 Å². The minimum atomic E-state index is -0.951. The molecular formula is C22H27N2O+. The molecule has 2 aliphatic rings. The van der Waals surface area contributed by atoms with E-state index in [1.165, 1.54) is 35.5 Å². The van der Waals surface area contributed by atoms with E-state index in [-0.39, 0.29) is 0 Å². The third-order valence-electron chi connectivity index (χ3n) is 5.61. The Morgan fingerprint density at radius 3 is 2.56 bits per heavy atom.